The Morgan fingerprint density at radius 1 is 0.926 bits per heavy atom. The van der Waals surface area contributed by atoms with Gasteiger partial charge >= 0.3 is 0 Å². The second-order valence-electron chi connectivity index (χ2n) is 6.15. The second kappa shape index (κ2) is 9.12. The lowest BCUT2D eigenvalue weighted by Crippen LogP contribution is -2.87. The molecule has 2 aromatic carbocycles. The van der Waals surface area contributed by atoms with E-state index in [0.29, 0.717) is 17.9 Å². The van der Waals surface area contributed by atoms with Crippen molar-refractivity contribution in [1.29, 1.82) is 0 Å². The van der Waals surface area contributed by atoms with Crippen LogP contribution < -0.4 is 16.0 Å². The van der Waals surface area contributed by atoms with Crippen LogP contribution in [0.15, 0.2) is 72.1 Å². The van der Waals surface area contributed by atoms with Gasteiger partial charge in [-0.25, -0.2) is 0 Å². The van der Waals surface area contributed by atoms with Gasteiger partial charge in [-0.15, -0.1) is 11.3 Å². The summed E-state index contributed by atoms with van der Waals surface area (Å²) < 4.78 is 0. The van der Waals surface area contributed by atoms with Gasteiger partial charge in [-0.2, -0.15) is 0 Å². The number of benzene rings is 2. The number of hydrogen-bond donors (Lipinski definition) is 3. The fourth-order valence-corrected chi connectivity index (χ4v) is 3.67. The number of anilines is 2. The summed E-state index contributed by atoms with van der Waals surface area (Å²) in [5, 5.41) is 9.69. The minimum Gasteiger partial charge on any atom is -0.328 e. The molecule has 4 N–H and O–H groups in total. The van der Waals surface area contributed by atoms with Crippen LogP contribution in [0.2, 0.25) is 0 Å². The van der Waals surface area contributed by atoms with E-state index in [4.69, 9.17) is 0 Å². The van der Waals surface area contributed by atoms with Crippen LogP contribution in [0.1, 0.15) is 23.4 Å². The molecule has 0 unspecified atom stereocenters. The Hall–Kier alpha value is -2.96. The molecule has 0 bridgehead atoms. The van der Waals surface area contributed by atoms with Crippen LogP contribution in [-0.4, -0.2) is 18.4 Å². The van der Waals surface area contributed by atoms with Gasteiger partial charge < -0.3 is 16.0 Å². The predicted octanol–water partition coefficient (Wildman–Crippen LogP) is 3.00. The van der Waals surface area contributed by atoms with Crippen molar-refractivity contribution in [3.05, 3.63) is 82.6 Å². The Balaban J connectivity index is 1.60. The van der Waals surface area contributed by atoms with Crippen LogP contribution in [0.25, 0.3) is 0 Å². The van der Waals surface area contributed by atoms with Crippen LogP contribution in [0.4, 0.5) is 11.4 Å². The quantitative estimate of drug-likeness (QED) is 0.589. The summed E-state index contributed by atoms with van der Waals surface area (Å²) in [4.78, 5) is 24.6. The molecule has 0 aliphatic carbocycles. The fraction of sp³-hybridized carbons (Fsp3) is 0.143. The minimum atomic E-state index is -0.123. The number of carbonyl (C=O) groups excluding carboxylic acids is 2. The lowest BCUT2D eigenvalue weighted by Gasteiger charge is -2.15. The van der Waals surface area contributed by atoms with E-state index >= 15 is 0 Å². The Morgan fingerprint density at radius 3 is 2.19 bits per heavy atom. The number of rotatable bonds is 7. The number of nitrogens with two attached hydrogens (primary N) is 1. The summed E-state index contributed by atoms with van der Waals surface area (Å²) in [5.74, 6) is -0.193. The first-order chi connectivity index (χ1) is 13.1. The molecule has 27 heavy (non-hydrogen) atoms. The lowest BCUT2D eigenvalue weighted by molar-refractivity contribution is -0.675. The summed E-state index contributed by atoms with van der Waals surface area (Å²) in [6.45, 7) is 1.77. The maximum absolute atomic E-state index is 12.4. The van der Waals surface area contributed by atoms with E-state index < -0.39 is 0 Å². The molecule has 3 rings (SSSR count). The highest BCUT2D eigenvalue weighted by molar-refractivity contribution is 7.10. The average molecular weight is 380 g/mol. The highest BCUT2D eigenvalue weighted by atomic mass is 32.1. The fourth-order valence-electron chi connectivity index (χ4n) is 2.82. The van der Waals surface area contributed by atoms with E-state index in [0.717, 1.165) is 0 Å². The van der Waals surface area contributed by atoms with Crippen molar-refractivity contribution in [1.82, 2.24) is 0 Å². The Kier molecular flexibility index (Phi) is 6.35. The molecule has 0 aliphatic rings. The van der Waals surface area contributed by atoms with Crippen LogP contribution in [0, 0.1) is 0 Å². The summed E-state index contributed by atoms with van der Waals surface area (Å²) in [6, 6.07) is 21.5. The van der Waals surface area contributed by atoms with E-state index in [1.807, 2.05) is 29.6 Å². The molecule has 1 aromatic heterocycles. The molecule has 2 amide bonds. The van der Waals surface area contributed by atoms with Crippen molar-refractivity contribution in [2.24, 2.45) is 0 Å². The van der Waals surface area contributed by atoms with Gasteiger partial charge in [0.25, 0.3) is 5.91 Å². The third kappa shape index (κ3) is 5.51. The maximum Gasteiger partial charge on any atom is 0.279 e. The number of quaternary nitrogens is 1. The first-order valence-electron chi connectivity index (χ1n) is 8.71. The predicted molar refractivity (Wildman–Crippen MR) is 109 cm³/mol. The van der Waals surface area contributed by atoms with Gasteiger partial charge in [-0.3, -0.25) is 9.59 Å². The molecule has 5 nitrogen and oxygen atoms in total. The molecule has 138 valence electrons. The Labute approximate surface area is 162 Å². The smallest absolute Gasteiger partial charge is 0.279 e. The maximum atomic E-state index is 12.4. The summed E-state index contributed by atoms with van der Waals surface area (Å²) >= 11 is 1.69. The first-order valence-corrected chi connectivity index (χ1v) is 9.59. The summed E-state index contributed by atoms with van der Waals surface area (Å²) in [5.41, 5.74) is 2.58. The molecular weight excluding hydrogens is 358 g/mol. The van der Waals surface area contributed by atoms with Gasteiger partial charge in [0.1, 0.15) is 6.04 Å². The zero-order valence-electron chi connectivity index (χ0n) is 15.0. The van der Waals surface area contributed by atoms with Crippen molar-refractivity contribution >= 4 is 34.5 Å². The summed E-state index contributed by atoms with van der Waals surface area (Å²) in [6.07, 6.45) is 0. The van der Waals surface area contributed by atoms with Gasteiger partial charge in [0.15, 0.2) is 6.54 Å². The van der Waals surface area contributed by atoms with Gasteiger partial charge in [-0.1, -0.05) is 36.4 Å². The SMILES string of the molecule is CC(=O)Nc1ccc(NC(=O)C[NH2+][C@@H](c2ccccc2)c2cccs2)cc1. The van der Waals surface area contributed by atoms with E-state index in [9.17, 15) is 9.59 Å². The average Bonchev–Trinajstić information content (AvgIpc) is 3.18. The molecule has 6 heteroatoms. The van der Waals surface area contributed by atoms with E-state index in [-0.39, 0.29) is 17.9 Å². The molecule has 0 spiro atoms. The molecule has 1 heterocycles. The summed E-state index contributed by atoms with van der Waals surface area (Å²) in [7, 11) is 0. The highest BCUT2D eigenvalue weighted by Gasteiger charge is 2.19. The number of amides is 2. The van der Waals surface area contributed by atoms with E-state index in [2.05, 4.69) is 34.2 Å². The van der Waals surface area contributed by atoms with Gasteiger partial charge in [0.05, 0.1) is 4.88 Å². The monoisotopic (exact) mass is 380 g/mol. The van der Waals surface area contributed by atoms with Gasteiger partial charge in [-0.05, 0) is 35.7 Å². The third-order valence-corrected chi connectivity index (χ3v) is 4.99. The molecule has 0 saturated carbocycles. The number of nitrogens with one attached hydrogen (secondary N) is 2. The van der Waals surface area contributed by atoms with Crippen LogP contribution in [-0.2, 0) is 9.59 Å². The largest absolute Gasteiger partial charge is 0.328 e. The van der Waals surface area contributed by atoms with Crippen LogP contribution in [0.3, 0.4) is 0 Å². The molecular formula is C21H22N3O2S+. The van der Waals surface area contributed by atoms with Crippen LogP contribution in [0.5, 0.6) is 0 Å². The molecule has 0 fully saturated rings. The van der Waals surface area contributed by atoms with E-state index in [1.54, 1.807) is 35.6 Å². The molecule has 0 saturated heterocycles. The van der Waals surface area contributed by atoms with Crippen molar-refractivity contribution in [3.8, 4) is 0 Å². The zero-order chi connectivity index (χ0) is 19.1. The molecule has 1 atom stereocenters. The number of carbonyl (C=O) groups is 2. The second-order valence-corrected chi connectivity index (χ2v) is 7.13. The zero-order valence-corrected chi connectivity index (χ0v) is 15.8. The minimum absolute atomic E-state index is 0.0697. The Morgan fingerprint density at radius 2 is 1.59 bits per heavy atom. The Bertz CT molecular complexity index is 878. The number of thiophene rings is 1. The first kappa shape index (κ1) is 18.8. The number of hydrogen-bond acceptors (Lipinski definition) is 3. The van der Waals surface area contributed by atoms with Crippen molar-refractivity contribution in [3.63, 3.8) is 0 Å². The lowest BCUT2D eigenvalue weighted by atomic mass is 10.1. The van der Waals surface area contributed by atoms with E-state index in [1.165, 1.54) is 17.4 Å². The molecule has 3 aromatic rings. The molecule has 0 aliphatic heterocycles. The van der Waals surface area contributed by atoms with Gasteiger partial charge in [0, 0.05) is 23.9 Å². The topological polar surface area (TPSA) is 74.8 Å². The van der Waals surface area contributed by atoms with Crippen LogP contribution >= 0.6 is 11.3 Å². The standard InChI is InChI=1S/C21H21N3O2S/c1-15(25)23-17-9-11-18(12-10-17)24-20(26)14-22-21(19-8-5-13-27-19)16-6-3-2-4-7-16/h2-13,21-22H,14H2,1H3,(H,23,25)(H,24,26)/p+1/t21-/m0/s1. The van der Waals surface area contributed by atoms with Crippen molar-refractivity contribution in [2.75, 3.05) is 17.2 Å². The molecule has 0 radical (unpaired) electrons. The third-order valence-electron chi connectivity index (χ3n) is 4.04. The van der Waals surface area contributed by atoms with Crippen molar-refractivity contribution < 1.29 is 14.9 Å². The highest BCUT2D eigenvalue weighted by Crippen LogP contribution is 2.22. The van der Waals surface area contributed by atoms with Crippen molar-refractivity contribution in [2.45, 2.75) is 13.0 Å². The van der Waals surface area contributed by atoms with Gasteiger partial charge in [0.2, 0.25) is 5.91 Å². The normalized spacial score (nSPS) is 11.6.